The van der Waals surface area contributed by atoms with E-state index in [2.05, 4.69) is 0 Å². The first-order valence-electron chi connectivity index (χ1n) is 14.2. The lowest BCUT2D eigenvalue weighted by Crippen LogP contribution is -2.38. The van der Waals surface area contributed by atoms with Crippen LogP contribution in [0.3, 0.4) is 0 Å². The van der Waals surface area contributed by atoms with Crippen LogP contribution in [0.5, 0.6) is 11.5 Å². The number of carbonyl (C=O) groups is 4. The molecule has 0 aliphatic rings. The van der Waals surface area contributed by atoms with Crippen molar-refractivity contribution in [1.82, 2.24) is 0 Å². The quantitative estimate of drug-likeness (QED) is 0.132. The normalized spacial score (nSPS) is 14.9. The maximum absolute atomic E-state index is 12.6. The van der Waals surface area contributed by atoms with Gasteiger partial charge in [0.2, 0.25) is 0 Å². The summed E-state index contributed by atoms with van der Waals surface area (Å²) in [4.78, 5) is 49.0. The summed E-state index contributed by atoms with van der Waals surface area (Å²) in [5.74, 6) is -2.22. The molecule has 5 atom stereocenters. The van der Waals surface area contributed by atoms with Gasteiger partial charge in [-0.25, -0.2) is 14.4 Å². The molecular formula is C30H47NO11. The number of hydrogen-bond donors (Lipinski definition) is 2. The van der Waals surface area contributed by atoms with Crippen LogP contribution < -0.4 is 15.2 Å². The fourth-order valence-electron chi connectivity index (χ4n) is 3.37. The van der Waals surface area contributed by atoms with Gasteiger partial charge in [0.1, 0.15) is 24.4 Å². The molecule has 0 bridgehead atoms. The van der Waals surface area contributed by atoms with Crippen LogP contribution in [0, 0.1) is 17.8 Å². The largest absolute Gasteiger partial charge is 0.514 e. The zero-order chi connectivity index (χ0) is 32.1. The summed E-state index contributed by atoms with van der Waals surface area (Å²) < 4.78 is 31.7. The first kappa shape index (κ1) is 36.5. The van der Waals surface area contributed by atoms with Gasteiger partial charge in [-0.05, 0) is 69.1 Å². The minimum atomic E-state index is -1.42. The minimum absolute atomic E-state index is 0.00333. The van der Waals surface area contributed by atoms with Gasteiger partial charge in [-0.2, -0.15) is 0 Å². The van der Waals surface area contributed by atoms with E-state index in [4.69, 9.17) is 34.2 Å². The maximum Gasteiger partial charge on any atom is 0.514 e. The molecule has 12 nitrogen and oxygen atoms in total. The van der Waals surface area contributed by atoms with Crippen LogP contribution in [0.15, 0.2) is 18.2 Å². The molecule has 4 unspecified atom stereocenters. The van der Waals surface area contributed by atoms with Crippen LogP contribution in [0.4, 0.5) is 14.4 Å². The third-order valence-corrected chi connectivity index (χ3v) is 6.74. The van der Waals surface area contributed by atoms with Crippen LogP contribution in [0.1, 0.15) is 86.6 Å². The Morgan fingerprint density at radius 2 is 1.29 bits per heavy atom. The third-order valence-electron chi connectivity index (χ3n) is 6.74. The smallest absolute Gasteiger partial charge is 0.480 e. The lowest BCUT2D eigenvalue weighted by atomic mass is 9.87. The van der Waals surface area contributed by atoms with E-state index in [1.54, 1.807) is 20.8 Å². The van der Waals surface area contributed by atoms with Crippen LogP contribution in [0.25, 0.3) is 0 Å². The van der Waals surface area contributed by atoms with E-state index in [1.807, 2.05) is 41.5 Å². The number of hydrogen-bond acceptors (Lipinski definition) is 11. The second-order valence-electron chi connectivity index (χ2n) is 11.5. The Kier molecular flexibility index (Phi) is 15.1. The van der Waals surface area contributed by atoms with Crippen molar-refractivity contribution in [2.45, 2.75) is 105 Å². The minimum Gasteiger partial charge on any atom is -0.480 e. The first-order chi connectivity index (χ1) is 19.5. The van der Waals surface area contributed by atoms with Crippen LogP contribution in [0.2, 0.25) is 0 Å². The Bertz CT molecular complexity index is 1040. The Labute approximate surface area is 248 Å². The number of aliphatic carboxylic acids is 1. The highest BCUT2D eigenvalue weighted by Gasteiger charge is 2.31. The van der Waals surface area contributed by atoms with Gasteiger partial charge in [0.15, 0.2) is 11.5 Å². The van der Waals surface area contributed by atoms with E-state index < -0.39 is 54.7 Å². The average Bonchev–Trinajstić information content (AvgIpc) is 2.87. The zero-order valence-corrected chi connectivity index (χ0v) is 26.1. The van der Waals surface area contributed by atoms with Crippen LogP contribution in [-0.2, 0) is 23.7 Å². The Balaban J connectivity index is 3.30. The molecule has 0 radical (unpaired) electrons. The van der Waals surface area contributed by atoms with E-state index in [0.29, 0.717) is 17.9 Å². The molecule has 0 aliphatic heterocycles. The highest BCUT2D eigenvalue weighted by Crippen LogP contribution is 2.35. The number of rotatable bonds is 15. The molecule has 0 heterocycles. The second-order valence-corrected chi connectivity index (χ2v) is 11.5. The molecule has 1 aromatic rings. The lowest BCUT2D eigenvalue weighted by molar-refractivity contribution is -0.139. The molecule has 42 heavy (non-hydrogen) atoms. The molecule has 0 aromatic heterocycles. The highest BCUT2D eigenvalue weighted by atomic mass is 16.8. The fraction of sp³-hybridized carbons (Fsp3) is 0.667. The number of carboxylic acids is 1. The summed E-state index contributed by atoms with van der Waals surface area (Å²) in [7, 11) is 0. The Morgan fingerprint density at radius 1 is 0.762 bits per heavy atom. The topological polar surface area (TPSA) is 170 Å². The SMILES string of the molecule is CC(C)CCOC(=O)OC(C)CC(c1ccc(OC(=O)OC(C)C(C)C)c(OC(=O)OC(C)C(C)C)c1)[C@H](N)C(=O)O. The molecule has 0 amide bonds. The number of ether oxygens (including phenoxy) is 6. The summed E-state index contributed by atoms with van der Waals surface area (Å²) >= 11 is 0. The Morgan fingerprint density at radius 3 is 1.76 bits per heavy atom. The molecule has 3 N–H and O–H groups in total. The van der Waals surface area contributed by atoms with E-state index in [-0.39, 0.29) is 36.4 Å². The van der Waals surface area contributed by atoms with E-state index in [0.717, 1.165) is 0 Å². The van der Waals surface area contributed by atoms with Crippen LogP contribution >= 0.6 is 0 Å². The van der Waals surface area contributed by atoms with Crippen molar-refractivity contribution in [3.63, 3.8) is 0 Å². The molecule has 1 rings (SSSR count). The van der Waals surface area contributed by atoms with Gasteiger partial charge in [0.25, 0.3) is 0 Å². The summed E-state index contributed by atoms with van der Waals surface area (Å²) in [5, 5.41) is 9.70. The second kappa shape index (κ2) is 17.4. The highest BCUT2D eigenvalue weighted by molar-refractivity contribution is 5.75. The van der Waals surface area contributed by atoms with Gasteiger partial charge in [0.05, 0.1) is 6.61 Å². The fourth-order valence-corrected chi connectivity index (χ4v) is 3.37. The van der Waals surface area contributed by atoms with Gasteiger partial charge in [-0.15, -0.1) is 0 Å². The van der Waals surface area contributed by atoms with Crippen molar-refractivity contribution < 1.29 is 52.7 Å². The number of carbonyl (C=O) groups excluding carboxylic acids is 3. The summed E-state index contributed by atoms with van der Waals surface area (Å²) in [6, 6.07) is 2.72. The van der Waals surface area contributed by atoms with Gasteiger partial charge >= 0.3 is 24.4 Å². The van der Waals surface area contributed by atoms with E-state index in [1.165, 1.54) is 18.2 Å². The van der Waals surface area contributed by atoms with Crippen molar-refractivity contribution in [1.29, 1.82) is 0 Å². The molecule has 1 aromatic carbocycles. The molecule has 0 fully saturated rings. The number of carboxylic acid groups (broad SMARTS) is 1. The Hall–Kier alpha value is -3.54. The number of nitrogens with two attached hydrogens (primary N) is 1. The summed E-state index contributed by atoms with van der Waals surface area (Å²) in [6.07, 6.45) is -4.00. The van der Waals surface area contributed by atoms with Gasteiger partial charge in [0, 0.05) is 5.92 Å². The lowest BCUT2D eigenvalue weighted by Gasteiger charge is -2.25. The molecule has 12 heteroatoms. The van der Waals surface area contributed by atoms with Gasteiger partial charge in [-0.3, -0.25) is 4.79 Å². The molecule has 0 aliphatic carbocycles. The monoisotopic (exact) mass is 597 g/mol. The predicted octanol–water partition coefficient (Wildman–Crippen LogP) is 6.28. The van der Waals surface area contributed by atoms with E-state index >= 15 is 0 Å². The van der Waals surface area contributed by atoms with Crippen LogP contribution in [-0.4, -0.2) is 60.5 Å². The van der Waals surface area contributed by atoms with Crippen molar-refractivity contribution in [2.24, 2.45) is 23.5 Å². The average molecular weight is 598 g/mol. The molecule has 0 saturated carbocycles. The van der Waals surface area contributed by atoms with Crippen molar-refractivity contribution in [3.8, 4) is 11.5 Å². The van der Waals surface area contributed by atoms with Crippen molar-refractivity contribution in [3.05, 3.63) is 23.8 Å². The summed E-state index contributed by atoms with van der Waals surface area (Å²) in [6.45, 7) is 16.6. The van der Waals surface area contributed by atoms with E-state index in [9.17, 15) is 24.3 Å². The molecular weight excluding hydrogens is 550 g/mol. The zero-order valence-electron chi connectivity index (χ0n) is 26.1. The van der Waals surface area contributed by atoms with Gasteiger partial charge in [-0.1, -0.05) is 47.6 Å². The summed E-state index contributed by atoms with van der Waals surface area (Å²) in [5.41, 5.74) is 6.35. The standard InChI is InChI=1S/C30H47NO11/c1-16(2)12-13-37-28(34)38-19(7)14-23(26(31)27(32)33)22-10-11-24(41-29(35)39-20(8)17(3)4)25(15-22)42-30(36)40-21(9)18(5)6/h10-11,15-21,23,26H,12-14,31H2,1-9H3,(H,32,33)/t19?,20?,21?,23?,26-/m0/s1. The van der Waals surface area contributed by atoms with Crippen molar-refractivity contribution in [2.75, 3.05) is 6.61 Å². The third kappa shape index (κ3) is 13.0. The number of benzene rings is 1. The van der Waals surface area contributed by atoms with Crippen molar-refractivity contribution >= 4 is 24.4 Å². The molecule has 0 spiro atoms. The molecule has 0 saturated heterocycles. The maximum atomic E-state index is 12.6. The predicted molar refractivity (Wildman–Crippen MR) is 154 cm³/mol. The van der Waals surface area contributed by atoms with Gasteiger partial charge < -0.3 is 39.3 Å². The first-order valence-corrected chi connectivity index (χ1v) is 14.2. The molecule has 238 valence electrons.